The first-order chi connectivity index (χ1) is 8.51. The quantitative estimate of drug-likeness (QED) is 0.814. The van der Waals surface area contributed by atoms with Gasteiger partial charge in [-0.05, 0) is 32.4 Å². The number of para-hydroxylation sites is 2. The Morgan fingerprint density at radius 1 is 1.39 bits per heavy atom. The molecule has 0 atom stereocenters. The molecule has 0 aliphatic carbocycles. The lowest BCUT2D eigenvalue weighted by atomic mass is 9.92. The molecule has 0 aliphatic rings. The van der Waals surface area contributed by atoms with Crippen molar-refractivity contribution in [3.8, 4) is 5.75 Å². The van der Waals surface area contributed by atoms with Gasteiger partial charge >= 0.3 is 0 Å². The fourth-order valence-corrected chi connectivity index (χ4v) is 1.29. The van der Waals surface area contributed by atoms with Crippen LogP contribution in [0.5, 0.6) is 5.75 Å². The number of ether oxygens (including phenoxy) is 1. The maximum Gasteiger partial charge on any atom is 0.231 e. The van der Waals surface area contributed by atoms with E-state index in [4.69, 9.17) is 10.5 Å². The SMILES string of the molecule is CCCOc1ccccc1NC(=O)C(C)(C)CN. The minimum Gasteiger partial charge on any atom is -0.491 e. The Kier molecular flexibility index (Phi) is 5.16. The molecule has 0 heterocycles. The molecule has 1 aromatic rings. The van der Waals surface area contributed by atoms with Crippen molar-refractivity contribution in [3.63, 3.8) is 0 Å². The molecule has 1 rings (SSSR count). The van der Waals surface area contributed by atoms with Crippen LogP contribution in [0.3, 0.4) is 0 Å². The summed E-state index contributed by atoms with van der Waals surface area (Å²) in [4.78, 5) is 12.0. The number of rotatable bonds is 6. The molecule has 1 amide bonds. The van der Waals surface area contributed by atoms with Gasteiger partial charge in [0.2, 0.25) is 5.91 Å². The lowest BCUT2D eigenvalue weighted by Gasteiger charge is -2.22. The molecule has 0 fully saturated rings. The summed E-state index contributed by atoms with van der Waals surface area (Å²) < 4.78 is 5.59. The van der Waals surface area contributed by atoms with E-state index in [1.807, 2.05) is 45.0 Å². The number of nitrogens with two attached hydrogens (primary N) is 1. The zero-order valence-corrected chi connectivity index (χ0v) is 11.3. The molecule has 100 valence electrons. The molecule has 0 saturated heterocycles. The van der Waals surface area contributed by atoms with Crippen molar-refractivity contribution >= 4 is 11.6 Å². The Bertz CT molecular complexity index is 403. The Hall–Kier alpha value is -1.55. The fraction of sp³-hybridized carbons (Fsp3) is 0.500. The number of hydrogen-bond donors (Lipinski definition) is 2. The summed E-state index contributed by atoms with van der Waals surface area (Å²) in [6.07, 6.45) is 0.927. The van der Waals surface area contributed by atoms with Gasteiger partial charge in [0.15, 0.2) is 0 Å². The van der Waals surface area contributed by atoms with Crippen molar-refractivity contribution in [3.05, 3.63) is 24.3 Å². The summed E-state index contributed by atoms with van der Waals surface area (Å²) in [5.41, 5.74) is 5.69. The Morgan fingerprint density at radius 3 is 2.67 bits per heavy atom. The van der Waals surface area contributed by atoms with E-state index in [1.165, 1.54) is 0 Å². The van der Waals surface area contributed by atoms with Gasteiger partial charge < -0.3 is 15.8 Å². The summed E-state index contributed by atoms with van der Waals surface area (Å²) in [6, 6.07) is 7.43. The van der Waals surface area contributed by atoms with E-state index in [9.17, 15) is 4.79 Å². The Balaban J connectivity index is 2.81. The average Bonchev–Trinajstić information content (AvgIpc) is 2.37. The van der Waals surface area contributed by atoms with E-state index in [2.05, 4.69) is 5.32 Å². The molecule has 0 aromatic heterocycles. The van der Waals surface area contributed by atoms with Crippen LogP contribution in [-0.4, -0.2) is 19.1 Å². The predicted octanol–water partition coefficient (Wildman–Crippen LogP) is 2.40. The summed E-state index contributed by atoms with van der Waals surface area (Å²) in [5, 5.41) is 2.87. The lowest BCUT2D eigenvalue weighted by molar-refractivity contribution is -0.123. The molecular weight excluding hydrogens is 228 g/mol. The third kappa shape index (κ3) is 3.74. The third-order valence-corrected chi connectivity index (χ3v) is 2.72. The van der Waals surface area contributed by atoms with Crippen LogP contribution in [0.1, 0.15) is 27.2 Å². The monoisotopic (exact) mass is 250 g/mol. The number of nitrogens with one attached hydrogen (secondary N) is 1. The predicted molar refractivity (Wildman–Crippen MR) is 73.7 cm³/mol. The Morgan fingerprint density at radius 2 is 2.06 bits per heavy atom. The summed E-state index contributed by atoms with van der Waals surface area (Å²) in [6.45, 7) is 6.61. The van der Waals surface area contributed by atoms with Gasteiger partial charge in [0.1, 0.15) is 5.75 Å². The van der Waals surface area contributed by atoms with Gasteiger partial charge in [-0.3, -0.25) is 4.79 Å². The zero-order valence-electron chi connectivity index (χ0n) is 11.3. The van der Waals surface area contributed by atoms with E-state index in [0.29, 0.717) is 24.6 Å². The highest BCUT2D eigenvalue weighted by Crippen LogP contribution is 2.26. The van der Waals surface area contributed by atoms with Crippen LogP contribution < -0.4 is 15.8 Å². The maximum atomic E-state index is 12.0. The lowest BCUT2D eigenvalue weighted by Crippen LogP contribution is -2.37. The molecule has 0 saturated carbocycles. The minimum atomic E-state index is -0.585. The fourth-order valence-electron chi connectivity index (χ4n) is 1.29. The van der Waals surface area contributed by atoms with E-state index in [1.54, 1.807) is 0 Å². The topological polar surface area (TPSA) is 64.3 Å². The second-order valence-corrected chi connectivity index (χ2v) is 4.89. The maximum absolute atomic E-state index is 12.0. The van der Waals surface area contributed by atoms with E-state index >= 15 is 0 Å². The second kappa shape index (κ2) is 6.40. The second-order valence-electron chi connectivity index (χ2n) is 4.89. The normalized spacial score (nSPS) is 11.1. The highest BCUT2D eigenvalue weighted by molar-refractivity contribution is 5.96. The highest BCUT2D eigenvalue weighted by Gasteiger charge is 2.26. The van der Waals surface area contributed by atoms with E-state index in [0.717, 1.165) is 6.42 Å². The summed E-state index contributed by atoms with van der Waals surface area (Å²) in [7, 11) is 0. The molecule has 4 heteroatoms. The van der Waals surface area contributed by atoms with Gasteiger partial charge in [0.05, 0.1) is 17.7 Å². The first kappa shape index (κ1) is 14.5. The highest BCUT2D eigenvalue weighted by atomic mass is 16.5. The number of amides is 1. The number of carbonyl (C=O) groups excluding carboxylic acids is 1. The van der Waals surface area contributed by atoms with Crippen molar-refractivity contribution in [2.75, 3.05) is 18.5 Å². The van der Waals surface area contributed by atoms with Gasteiger partial charge in [0, 0.05) is 6.54 Å². The van der Waals surface area contributed by atoms with Gasteiger partial charge in [-0.1, -0.05) is 19.1 Å². The number of hydrogen-bond acceptors (Lipinski definition) is 3. The number of anilines is 1. The van der Waals surface area contributed by atoms with Crippen molar-refractivity contribution in [2.45, 2.75) is 27.2 Å². The van der Waals surface area contributed by atoms with Crippen molar-refractivity contribution < 1.29 is 9.53 Å². The smallest absolute Gasteiger partial charge is 0.231 e. The van der Waals surface area contributed by atoms with Crippen LogP contribution in [0.15, 0.2) is 24.3 Å². The molecule has 18 heavy (non-hydrogen) atoms. The Labute approximate surface area is 109 Å². The van der Waals surface area contributed by atoms with Crippen molar-refractivity contribution in [2.24, 2.45) is 11.1 Å². The van der Waals surface area contributed by atoms with Crippen LogP contribution in [0, 0.1) is 5.41 Å². The van der Waals surface area contributed by atoms with Gasteiger partial charge in [-0.2, -0.15) is 0 Å². The van der Waals surface area contributed by atoms with Crippen LogP contribution in [0.4, 0.5) is 5.69 Å². The van der Waals surface area contributed by atoms with Crippen LogP contribution in [0.2, 0.25) is 0 Å². The molecular formula is C14H22N2O2. The molecule has 1 aromatic carbocycles. The van der Waals surface area contributed by atoms with Crippen LogP contribution in [-0.2, 0) is 4.79 Å². The summed E-state index contributed by atoms with van der Waals surface area (Å²) >= 11 is 0. The standard InChI is InChI=1S/C14H22N2O2/c1-4-9-18-12-8-6-5-7-11(12)16-13(17)14(2,3)10-15/h5-8H,4,9-10,15H2,1-3H3,(H,16,17). The molecule has 0 radical (unpaired) electrons. The summed E-state index contributed by atoms with van der Waals surface area (Å²) in [5.74, 6) is 0.595. The molecule has 0 bridgehead atoms. The van der Waals surface area contributed by atoms with Crippen molar-refractivity contribution in [1.82, 2.24) is 0 Å². The third-order valence-electron chi connectivity index (χ3n) is 2.72. The van der Waals surface area contributed by atoms with Crippen LogP contribution in [0.25, 0.3) is 0 Å². The van der Waals surface area contributed by atoms with Gasteiger partial charge in [-0.25, -0.2) is 0 Å². The molecule has 0 spiro atoms. The molecule has 4 nitrogen and oxygen atoms in total. The average molecular weight is 250 g/mol. The number of carbonyl (C=O) groups is 1. The molecule has 0 unspecified atom stereocenters. The van der Waals surface area contributed by atoms with Gasteiger partial charge in [0.25, 0.3) is 0 Å². The molecule has 0 aliphatic heterocycles. The first-order valence-corrected chi connectivity index (χ1v) is 6.24. The van der Waals surface area contributed by atoms with Crippen LogP contribution >= 0.6 is 0 Å². The van der Waals surface area contributed by atoms with E-state index < -0.39 is 5.41 Å². The van der Waals surface area contributed by atoms with Crippen molar-refractivity contribution in [1.29, 1.82) is 0 Å². The first-order valence-electron chi connectivity index (χ1n) is 6.24. The largest absolute Gasteiger partial charge is 0.491 e. The number of benzene rings is 1. The van der Waals surface area contributed by atoms with E-state index in [-0.39, 0.29) is 5.91 Å². The zero-order chi connectivity index (χ0) is 13.6. The molecule has 3 N–H and O–H groups in total. The minimum absolute atomic E-state index is 0.0995. The van der Waals surface area contributed by atoms with Gasteiger partial charge in [-0.15, -0.1) is 0 Å².